The third-order valence-electron chi connectivity index (χ3n) is 1.70. The van der Waals surface area contributed by atoms with Crippen LogP contribution >= 0.6 is 11.8 Å². The number of hydrogen-bond acceptors (Lipinski definition) is 3. The first-order valence-electron chi connectivity index (χ1n) is 4.60. The molecule has 0 radical (unpaired) electrons. The van der Waals surface area contributed by atoms with Crippen molar-refractivity contribution < 1.29 is 9.53 Å². The fourth-order valence-electron chi connectivity index (χ4n) is 1.18. The van der Waals surface area contributed by atoms with Gasteiger partial charge in [-0.05, 0) is 24.2 Å². The summed E-state index contributed by atoms with van der Waals surface area (Å²) < 4.78 is 4.97. The largest absolute Gasteiger partial charge is 0.441 e. The Hall–Kier alpha value is -0.640. The highest BCUT2D eigenvalue weighted by Gasteiger charge is 2.16. The normalized spacial score (nSPS) is 12.6. The Balaban J connectivity index is 4.17. The van der Waals surface area contributed by atoms with E-state index in [-0.39, 0.29) is 6.10 Å². The van der Waals surface area contributed by atoms with Gasteiger partial charge in [0, 0.05) is 5.75 Å². The van der Waals surface area contributed by atoms with Crippen LogP contribution in [0.15, 0.2) is 12.2 Å². The van der Waals surface area contributed by atoms with Crippen molar-refractivity contribution in [1.82, 2.24) is 0 Å². The van der Waals surface area contributed by atoms with Gasteiger partial charge in [-0.15, -0.1) is 0 Å². The second-order valence-corrected chi connectivity index (χ2v) is 4.55. The van der Waals surface area contributed by atoms with Gasteiger partial charge in [0.1, 0.15) is 6.10 Å². The van der Waals surface area contributed by atoms with E-state index >= 15 is 0 Å². The molecule has 3 nitrogen and oxygen atoms in total. The maximum Gasteiger partial charge on any atom is 0.405 e. The van der Waals surface area contributed by atoms with Gasteiger partial charge in [0.2, 0.25) is 0 Å². The predicted octanol–water partition coefficient (Wildman–Crippen LogP) is 2.42. The van der Waals surface area contributed by atoms with Crippen LogP contribution in [0.5, 0.6) is 0 Å². The molecule has 0 aromatic heterocycles. The first-order chi connectivity index (χ1) is 6.47. The number of thioether (sulfide) groups is 1. The van der Waals surface area contributed by atoms with Gasteiger partial charge in [0.15, 0.2) is 0 Å². The average Bonchev–Trinajstić information content (AvgIpc) is 2.01. The standard InChI is InChI=1S/C10H19NO2S/c1-7(2)5-8(3)9(6-14-4)13-10(11)12/h7,9H,3,5-6H2,1-2,4H3,(H2,11,12). The number of ether oxygens (including phenoxy) is 1. The molecule has 0 aromatic carbocycles. The van der Waals surface area contributed by atoms with Crippen molar-refractivity contribution in [2.24, 2.45) is 11.7 Å². The lowest BCUT2D eigenvalue weighted by molar-refractivity contribution is 0.132. The van der Waals surface area contributed by atoms with Crippen molar-refractivity contribution in [3.63, 3.8) is 0 Å². The molecule has 14 heavy (non-hydrogen) atoms. The van der Waals surface area contributed by atoms with Gasteiger partial charge < -0.3 is 10.5 Å². The minimum atomic E-state index is -0.728. The van der Waals surface area contributed by atoms with E-state index in [1.165, 1.54) is 0 Å². The van der Waals surface area contributed by atoms with Crippen LogP contribution < -0.4 is 5.73 Å². The number of amides is 1. The summed E-state index contributed by atoms with van der Waals surface area (Å²) in [6.45, 7) is 8.13. The highest BCUT2D eigenvalue weighted by atomic mass is 32.2. The van der Waals surface area contributed by atoms with E-state index in [1.807, 2.05) is 6.26 Å². The van der Waals surface area contributed by atoms with Crippen molar-refractivity contribution in [3.8, 4) is 0 Å². The molecular formula is C10H19NO2S. The Kier molecular flexibility index (Phi) is 6.45. The summed E-state index contributed by atoms with van der Waals surface area (Å²) in [7, 11) is 0. The third kappa shape index (κ3) is 5.91. The number of hydrogen-bond donors (Lipinski definition) is 1. The van der Waals surface area contributed by atoms with E-state index in [0.29, 0.717) is 11.7 Å². The van der Waals surface area contributed by atoms with Crippen LogP contribution in [0.2, 0.25) is 0 Å². The zero-order chi connectivity index (χ0) is 11.1. The third-order valence-corrected chi connectivity index (χ3v) is 2.34. The van der Waals surface area contributed by atoms with Gasteiger partial charge in [-0.2, -0.15) is 11.8 Å². The zero-order valence-electron chi connectivity index (χ0n) is 9.08. The van der Waals surface area contributed by atoms with Gasteiger partial charge in [-0.1, -0.05) is 20.4 Å². The first-order valence-corrected chi connectivity index (χ1v) is 5.99. The van der Waals surface area contributed by atoms with Crippen molar-refractivity contribution in [2.45, 2.75) is 26.4 Å². The monoisotopic (exact) mass is 217 g/mol. The maximum absolute atomic E-state index is 10.6. The molecule has 0 saturated carbocycles. The average molecular weight is 217 g/mol. The Morgan fingerprint density at radius 3 is 2.50 bits per heavy atom. The van der Waals surface area contributed by atoms with E-state index in [0.717, 1.165) is 12.0 Å². The SMILES string of the molecule is C=C(CC(C)C)C(CSC)OC(N)=O. The summed E-state index contributed by atoms with van der Waals surface area (Å²) in [4.78, 5) is 10.6. The molecule has 0 aliphatic heterocycles. The minimum Gasteiger partial charge on any atom is -0.441 e. The smallest absolute Gasteiger partial charge is 0.405 e. The van der Waals surface area contributed by atoms with E-state index in [4.69, 9.17) is 10.5 Å². The predicted molar refractivity (Wildman–Crippen MR) is 61.4 cm³/mol. The minimum absolute atomic E-state index is 0.245. The van der Waals surface area contributed by atoms with Crippen LogP contribution in [0.3, 0.4) is 0 Å². The molecule has 4 heteroatoms. The summed E-state index contributed by atoms with van der Waals surface area (Å²) in [5.41, 5.74) is 5.92. The van der Waals surface area contributed by atoms with Gasteiger partial charge in [-0.25, -0.2) is 4.79 Å². The Morgan fingerprint density at radius 1 is 1.57 bits per heavy atom. The molecule has 82 valence electrons. The molecule has 0 heterocycles. The topological polar surface area (TPSA) is 52.3 Å². The van der Waals surface area contributed by atoms with Crippen molar-refractivity contribution >= 4 is 17.9 Å². The molecule has 0 saturated heterocycles. The van der Waals surface area contributed by atoms with E-state index in [2.05, 4.69) is 20.4 Å². The Morgan fingerprint density at radius 2 is 2.14 bits per heavy atom. The molecule has 0 spiro atoms. The molecule has 0 aromatic rings. The number of carbonyl (C=O) groups excluding carboxylic acids is 1. The van der Waals surface area contributed by atoms with E-state index < -0.39 is 6.09 Å². The fraction of sp³-hybridized carbons (Fsp3) is 0.700. The van der Waals surface area contributed by atoms with Crippen LogP contribution in [-0.4, -0.2) is 24.2 Å². The molecule has 0 bridgehead atoms. The second-order valence-electron chi connectivity index (χ2n) is 3.64. The Bertz CT molecular complexity index is 204. The number of rotatable bonds is 6. The highest BCUT2D eigenvalue weighted by Crippen LogP contribution is 2.17. The summed E-state index contributed by atoms with van der Waals surface area (Å²) in [5.74, 6) is 1.23. The summed E-state index contributed by atoms with van der Waals surface area (Å²) >= 11 is 1.61. The lowest BCUT2D eigenvalue weighted by Gasteiger charge is -2.19. The zero-order valence-corrected chi connectivity index (χ0v) is 9.89. The van der Waals surface area contributed by atoms with Crippen LogP contribution in [-0.2, 0) is 4.74 Å². The van der Waals surface area contributed by atoms with Crippen molar-refractivity contribution in [2.75, 3.05) is 12.0 Å². The number of carbonyl (C=O) groups is 1. The van der Waals surface area contributed by atoms with Crippen LogP contribution in [0, 0.1) is 5.92 Å². The molecule has 0 fully saturated rings. The van der Waals surface area contributed by atoms with Crippen LogP contribution in [0.25, 0.3) is 0 Å². The Labute approximate surface area is 90.1 Å². The second kappa shape index (κ2) is 6.76. The molecule has 0 aliphatic rings. The van der Waals surface area contributed by atoms with Gasteiger partial charge in [0.25, 0.3) is 0 Å². The summed E-state index contributed by atoms with van der Waals surface area (Å²) in [6, 6.07) is 0. The van der Waals surface area contributed by atoms with Crippen molar-refractivity contribution in [3.05, 3.63) is 12.2 Å². The quantitative estimate of drug-likeness (QED) is 0.695. The molecule has 1 atom stereocenters. The van der Waals surface area contributed by atoms with Crippen LogP contribution in [0.4, 0.5) is 4.79 Å². The molecule has 1 amide bonds. The van der Waals surface area contributed by atoms with E-state index in [9.17, 15) is 4.79 Å². The van der Waals surface area contributed by atoms with E-state index in [1.54, 1.807) is 11.8 Å². The lowest BCUT2D eigenvalue weighted by atomic mass is 10.0. The lowest BCUT2D eigenvalue weighted by Crippen LogP contribution is -2.26. The molecular weight excluding hydrogens is 198 g/mol. The first kappa shape index (κ1) is 13.4. The fourth-order valence-corrected chi connectivity index (χ4v) is 1.79. The van der Waals surface area contributed by atoms with Gasteiger partial charge in [-0.3, -0.25) is 0 Å². The summed E-state index contributed by atoms with van der Waals surface area (Å²) in [6.07, 6.45) is 1.84. The molecule has 0 aliphatic carbocycles. The maximum atomic E-state index is 10.6. The number of nitrogens with two attached hydrogens (primary N) is 1. The summed E-state index contributed by atoms with van der Waals surface area (Å²) in [5, 5.41) is 0. The molecule has 1 unspecified atom stereocenters. The highest BCUT2D eigenvalue weighted by molar-refractivity contribution is 7.98. The molecule has 0 rings (SSSR count). The van der Waals surface area contributed by atoms with Crippen molar-refractivity contribution in [1.29, 1.82) is 0 Å². The van der Waals surface area contributed by atoms with Crippen LogP contribution in [0.1, 0.15) is 20.3 Å². The number of primary amides is 1. The van der Waals surface area contributed by atoms with Gasteiger partial charge >= 0.3 is 6.09 Å². The molecule has 2 N–H and O–H groups in total. The van der Waals surface area contributed by atoms with Gasteiger partial charge in [0.05, 0.1) is 0 Å².